The first-order valence-corrected chi connectivity index (χ1v) is 5.27. The van der Waals surface area contributed by atoms with E-state index < -0.39 is 11.9 Å². The van der Waals surface area contributed by atoms with E-state index in [9.17, 15) is 19.8 Å². The molecular weight excluding hydrogens is 298 g/mol. The number of carbonyl (C=O) groups excluding carboxylic acids is 2. The number of hydrogen-bond donors (Lipinski definition) is 0. The van der Waals surface area contributed by atoms with Gasteiger partial charge in [-0.25, -0.2) is 0 Å². The molecule has 0 N–H and O–H groups in total. The van der Waals surface area contributed by atoms with Gasteiger partial charge < -0.3 is 19.8 Å². The summed E-state index contributed by atoms with van der Waals surface area (Å²) in [6.07, 6.45) is 0.456. The van der Waals surface area contributed by atoms with E-state index in [0.29, 0.717) is 12.0 Å². The average molecular weight is 312 g/mol. The van der Waals surface area contributed by atoms with Crippen molar-refractivity contribution >= 4 is 11.9 Å². The molecule has 0 aliphatic rings. The average Bonchev–Trinajstić information content (AvgIpc) is 2.14. The van der Waals surface area contributed by atoms with Gasteiger partial charge in [-0.15, -0.1) is 0 Å². The second kappa shape index (κ2) is 9.45. The van der Waals surface area contributed by atoms with Crippen molar-refractivity contribution in [2.24, 2.45) is 5.41 Å². The zero-order chi connectivity index (χ0) is 13.2. The van der Waals surface area contributed by atoms with Gasteiger partial charge in [-0.1, -0.05) is 39.0 Å². The monoisotopic (exact) mass is 312 g/mol. The van der Waals surface area contributed by atoms with Crippen LogP contribution in [0, 0.1) is 5.41 Å². The van der Waals surface area contributed by atoms with Crippen molar-refractivity contribution in [2.45, 2.75) is 27.2 Å². The molecule has 1 aromatic carbocycles. The van der Waals surface area contributed by atoms with Crippen molar-refractivity contribution in [3.63, 3.8) is 0 Å². The van der Waals surface area contributed by atoms with Gasteiger partial charge in [-0.3, -0.25) is 0 Å². The van der Waals surface area contributed by atoms with Crippen LogP contribution in [0.4, 0.5) is 0 Å². The van der Waals surface area contributed by atoms with E-state index in [1.165, 1.54) is 12.1 Å². The van der Waals surface area contributed by atoms with Crippen molar-refractivity contribution in [3.05, 3.63) is 34.9 Å². The number of carboxylic acid groups (broad SMARTS) is 2. The maximum Gasteiger partial charge on any atom is 1.00 e. The summed E-state index contributed by atoms with van der Waals surface area (Å²) in [5, 5.41) is 21.9. The van der Waals surface area contributed by atoms with Crippen molar-refractivity contribution in [1.29, 1.82) is 0 Å². The molecule has 0 saturated carbocycles. The topological polar surface area (TPSA) is 80.3 Å². The van der Waals surface area contributed by atoms with E-state index in [1.807, 2.05) is 20.8 Å². The standard InChI is InChI=1S/C13H16O4.2K/c1-13(2,3)7-8-5-4-6-9(11(14)15)10(8)12(16)17;;/h4-6H,7H2,1-3H3,(H,14,15)(H,16,17);;/q;2*+1/p-2. The number of rotatable bonds is 3. The summed E-state index contributed by atoms with van der Waals surface area (Å²) in [5.41, 5.74) is -0.289. The van der Waals surface area contributed by atoms with Gasteiger partial charge in [0.15, 0.2) is 0 Å². The molecule has 0 fully saturated rings. The SMILES string of the molecule is CC(C)(C)Cc1cccc(C(=O)[O-])c1C(=O)[O-].[K+].[K+]. The number of carboxylic acids is 2. The summed E-state index contributed by atoms with van der Waals surface area (Å²) in [5.74, 6) is -2.98. The maximum absolute atomic E-state index is 11.0. The van der Waals surface area contributed by atoms with Crippen molar-refractivity contribution in [3.8, 4) is 0 Å². The molecule has 4 nitrogen and oxygen atoms in total. The molecule has 0 amide bonds. The Morgan fingerprint density at radius 3 is 1.95 bits per heavy atom. The predicted molar refractivity (Wildman–Crippen MR) is 58.3 cm³/mol. The summed E-state index contributed by atoms with van der Waals surface area (Å²) >= 11 is 0. The van der Waals surface area contributed by atoms with Crippen LogP contribution in [-0.2, 0) is 6.42 Å². The summed E-state index contributed by atoms with van der Waals surface area (Å²) in [6, 6.07) is 4.33. The third kappa shape index (κ3) is 7.31. The van der Waals surface area contributed by atoms with E-state index >= 15 is 0 Å². The van der Waals surface area contributed by atoms with Crippen molar-refractivity contribution in [2.75, 3.05) is 0 Å². The molecule has 19 heavy (non-hydrogen) atoms. The third-order valence-electron chi connectivity index (χ3n) is 2.30. The van der Waals surface area contributed by atoms with Crippen LogP contribution in [0.1, 0.15) is 47.1 Å². The molecule has 92 valence electrons. The van der Waals surface area contributed by atoms with Crippen molar-refractivity contribution in [1.82, 2.24) is 0 Å². The second-order valence-electron chi connectivity index (χ2n) is 5.15. The summed E-state index contributed by atoms with van der Waals surface area (Å²) < 4.78 is 0. The minimum Gasteiger partial charge on any atom is -0.545 e. The van der Waals surface area contributed by atoms with Crippen LogP contribution in [-0.4, -0.2) is 11.9 Å². The molecule has 6 heteroatoms. The first-order valence-electron chi connectivity index (χ1n) is 5.27. The fourth-order valence-electron chi connectivity index (χ4n) is 1.73. The van der Waals surface area contributed by atoms with E-state index in [-0.39, 0.29) is 119 Å². The Hall–Kier alpha value is 1.43. The van der Waals surface area contributed by atoms with Crippen LogP contribution in [0.15, 0.2) is 18.2 Å². The zero-order valence-corrected chi connectivity index (χ0v) is 18.3. The molecule has 0 aromatic heterocycles. The van der Waals surface area contributed by atoms with E-state index in [2.05, 4.69) is 0 Å². The molecule has 0 unspecified atom stereocenters. The summed E-state index contributed by atoms with van der Waals surface area (Å²) in [6.45, 7) is 5.83. The van der Waals surface area contributed by atoms with Crippen LogP contribution >= 0.6 is 0 Å². The Bertz CT molecular complexity index is 464. The number of hydrogen-bond acceptors (Lipinski definition) is 4. The number of aromatic carboxylic acids is 2. The zero-order valence-electron chi connectivity index (χ0n) is 12.1. The minimum atomic E-state index is -1.50. The molecule has 1 aromatic rings. The summed E-state index contributed by atoms with van der Waals surface area (Å²) in [7, 11) is 0. The molecule has 0 aliphatic carbocycles. The van der Waals surface area contributed by atoms with Gasteiger partial charge in [-0.2, -0.15) is 0 Å². The molecule has 0 aliphatic heterocycles. The summed E-state index contributed by atoms with van der Waals surface area (Å²) in [4.78, 5) is 21.9. The van der Waals surface area contributed by atoms with Gasteiger partial charge in [0, 0.05) is 11.1 Å². The number of benzene rings is 1. The van der Waals surface area contributed by atoms with Crippen LogP contribution < -0.4 is 113 Å². The van der Waals surface area contributed by atoms with E-state index in [4.69, 9.17) is 0 Å². The van der Waals surface area contributed by atoms with E-state index in [1.54, 1.807) is 6.07 Å². The molecule has 0 radical (unpaired) electrons. The molecule has 0 atom stereocenters. The van der Waals surface area contributed by atoms with Crippen LogP contribution in [0.5, 0.6) is 0 Å². The Morgan fingerprint density at radius 1 is 1.05 bits per heavy atom. The molecule has 0 bridgehead atoms. The van der Waals surface area contributed by atoms with Crippen LogP contribution in [0.3, 0.4) is 0 Å². The maximum atomic E-state index is 11.0. The fraction of sp³-hybridized carbons (Fsp3) is 0.385. The first-order chi connectivity index (χ1) is 7.72. The van der Waals surface area contributed by atoms with E-state index in [0.717, 1.165) is 0 Å². The Morgan fingerprint density at radius 2 is 1.58 bits per heavy atom. The quantitative estimate of drug-likeness (QED) is 0.521. The Labute approximate surface area is 198 Å². The first kappa shape index (κ1) is 22.7. The van der Waals surface area contributed by atoms with Crippen LogP contribution in [0.25, 0.3) is 0 Å². The van der Waals surface area contributed by atoms with Gasteiger partial charge in [0.05, 0.1) is 11.9 Å². The molecule has 0 spiro atoms. The molecular formula is C13H14K2O4. The normalized spacial score (nSPS) is 10.1. The smallest absolute Gasteiger partial charge is 0.545 e. The Balaban J connectivity index is 0. The van der Waals surface area contributed by atoms with Gasteiger partial charge in [0.1, 0.15) is 0 Å². The number of carbonyl (C=O) groups is 2. The molecule has 0 heterocycles. The van der Waals surface area contributed by atoms with Gasteiger partial charge in [-0.05, 0) is 17.4 Å². The molecule has 1 rings (SSSR count). The third-order valence-corrected chi connectivity index (χ3v) is 2.30. The fourth-order valence-corrected chi connectivity index (χ4v) is 1.73. The second-order valence-corrected chi connectivity index (χ2v) is 5.15. The minimum absolute atomic E-state index is 0. The Kier molecular flexibility index (Phi) is 11.3. The van der Waals surface area contributed by atoms with Gasteiger partial charge >= 0.3 is 103 Å². The van der Waals surface area contributed by atoms with Crippen molar-refractivity contribution < 1.29 is 123 Å². The van der Waals surface area contributed by atoms with Gasteiger partial charge in [0.25, 0.3) is 0 Å². The van der Waals surface area contributed by atoms with Gasteiger partial charge in [0.2, 0.25) is 0 Å². The van der Waals surface area contributed by atoms with Crippen LogP contribution in [0.2, 0.25) is 0 Å². The predicted octanol–water partition coefficient (Wildman–Crippen LogP) is -5.99. The largest absolute Gasteiger partial charge is 1.00 e. The molecule has 0 saturated heterocycles.